The van der Waals surface area contributed by atoms with Gasteiger partial charge in [-0.15, -0.1) is 11.8 Å². The molecule has 22 heavy (non-hydrogen) atoms. The van der Waals surface area contributed by atoms with Gasteiger partial charge in [-0.25, -0.2) is 0 Å². The highest BCUT2D eigenvalue weighted by molar-refractivity contribution is 7.99. The molecule has 4 heteroatoms. The monoisotopic (exact) mass is 318 g/mol. The number of hydrogen-bond acceptors (Lipinski definition) is 3. The van der Waals surface area contributed by atoms with Crippen LogP contribution in [0.15, 0.2) is 23.1 Å². The Morgan fingerprint density at radius 2 is 1.95 bits per heavy atom. The van der Waals surface area contributed by atoms with Crippen LogP contribution in [0.2, 0.25) is 0 Å². The van der Waals surface area contributed by atoms with E-state index < -0.39 is 0 Å². The number of thioether (sulfide) groups is 1. The summed E-state index contributed by atoms with van der Waals surface area (Å²) in [6.07, 6.45) is 5.37. The SMILES string of the molecule is Cc1ccc(SCCC(=O)NC2CC3CCC(C2)N3)cc1C. The van der Waals surface area contributed by atoms with Crippen LogP contribution in [0, 0.1) is 13.8 Å². The number of benzene rings is 1. The standard InChI is InChI=1S/C18H26N2OS/c1-12-3-6-17(9-13(12)2)22-8-7-18(21)20-16-10-14-4-5-15(11-16)19-14/h3,6,9,14-16,19H,4-5,7-8,10-11H2,1-2H3,(H,20,21). The lowest BCUT2D eigenvalue weighted by Gasteiger charge is -2.29. The predicted molar refractivity (Wildman–Crippen MR) is 92.4 cm³/mol. The molecule has 1 aromatic carbocycles. The lowest BCUT2D eigenvalue weighted by molar-refractivity contribution is -0.121. The first-order valence-electron chi connectivity index (χ1n) is 8.35. The molecule has 2 unspecified atom stereocenters. The van der Waals surface area contributed by atoms with Gasteiger partial charge >= 0.3 is 0 Å². The lowest BCUT2D eigenvalue weighted by atomic mass is 10.00. The first-order valence-corrected chi connectivity index (χ1v) is 9.34. The summed E-state index contributed by atoms with van der Waals surface area (Å²) in [6, 6.07) is 8.17. The van der Waals surface area contributed by atoms with Crippen LogP contribution in [0.5, 0.6) is 0 Å². The molecule has 2 heterocycles. The fourth-order valence-corrected chi connectivity index (χ4v) is 4.49. The molecule has 2 atom stereocenters. The van der Waals surface area contributed by atoms with Crippen molar-refractivity contribution in [2.75, 3.05) is 5.75 Å². The van der Waals surface area contributed by atoms with Crippen molar-refractivity contribution >= 4 is 17.7 Å². The van der Waals surface area contributed by atoms with Gasteiger partial charge in [-0.3, -0.25) is 4.79 Å². The Morgan fingerprint density at radius 3 is 2.64 bits per heavy atom. The third-order valence-electron chi connectivity index (χ3n) is 4.91. The van der Waals surface area contributed by atoms with Crippen molar-refractivity contribution in [2.45, 2.75) is 69.0 Å². The van der Waals surface area contributed by atoms with Crippen LogP contribution in [0.4, 0.5) is 0 Å². The highest BCUT2D eigenvalue weighted by Crippen LogP contribution is 2.27. The molecule has 2 N–H and O–H groups in total. The van der Waals surface area contributed by atoms with Crippen LogP contribution in [0.25, 0.3) is 0 Å². The van der Waals surface area contributed by atoms with Crippen molar-refractivity contribution in [2.24, 2.45) is 0 Å². The number of nitrogens with one attached hydrogen (secondary N) is 2. The molecule has 0 aliphatic carbocycles. The van der Waals surface area contributed by atoms with Crippen LogP contribution >= 0.6 is 11.8 Å². The first kappa shape index (κ1) is 15.9. The first-order chi connectivity index (χ1) is 10.6. The van der Waals surface area contributed by atoms with E-state index in [-0.39, 0.29) is 5.91 Å². The van der Waals surface area contributed by atoms with E-state index in [1.807, 2.05) is 0 Å². The highest BCUT2D eigenvalue weighted by Gasteiger charge is 2.33. The van der Waals surface area contributed by atoms with E-state index in [4.69, 9.17) is 0 Å². The molecule has 3 nitrogen and oxygen atoms in total. The van der Waals surface area contributed by atoms with E-state index in [1.165, 1.54) is 28.9 Å². The summed E-state index contributed by atoms with van der Waals surface area (Å²) in [6.45, 7) is 4.26. The second-order valence-electron chi connectivity index (χ2n) is 6.72. The molecular formula is C18H26N2OS. The maximum Gasteiger partial charge on any atom is 0.221 e. The lowest BCUT2D eigenvalue weighted by Crippen LogP contribution is -2.48. The molecular weight excluding hydrogens is 292 g/mol. The van der Waals surface area contributed by atoms with E-state index >= 15 is 0 Å². The topological polar surface area (TPSA) is 41.1 Å². The Labute approximate surface area is 137 Å². The number of rotatable bonds is 5. The Morgan fingerprint density at radius 1 is 1.23 bits per heavy atom. The summed E-state index contributed by atoms with van der Waals surface area (Å²) < 4.78 is 0. The predicted octanol–water partition coefficient (Wildman–Crippen LogP) is 3.18. The molecule has 2 aliphatic rings. The van der Waals surface area contributed by atoms with Crippen molar-refractivity contribution in [1.82, 2.24) is 10.6 Å². The minimum atomic E-state index is 0.211. The number of amides is 1. The third-order valence-corrected chi connectivity index (χ3v) is 5.91. The second kappa shape index (κ2) is 7.05. The third kappa shape index (κ3) is 4.05. The second-order valence-corrected chi connectivity index (χ2v) is 7.89. The van der Waals surface area contributed by atoms with E-state index in [1.54, 1.807) is 11.8 Å². The van der Waals surface area contributed by atoms with Gasteiger partial charge in [-0.1, -0.05) is 6.07 Å². The van der Waals surface area contributed by atoms with Gasteiger partial charge in [0, 0.05) is 35.2 Å². The number of carbonyl (C=O) groups is 1. The number of aryl methyl sites for hydroxylation is 2. The molecule has 0 radical (unpaired) electrons. The van der Waals surface area contributed by atoms with Crippen molar-refractivity contribution in [3.8, 4) is 0 Å². The molecule has 2 fully saturated rings. The fraction of sp³-hybridized carbons (Fsp3) is 0.611. The van der Waals surface area contributed by atoms with Gasteiger partial charge in [0.2, 0.25) is 5.91 Å². The Hall–Kier alpha value is -1.00. The number of fused-ring (bicyclic) bond motifs is 2. The molecule has 0 saturated carbocycles. The van der Waals surface area contributed by atoms with Crippen LogP contribution in [0.3, 0.4) is 0 Å². The van der Waals surface area contributed by atoms with Gasteiger partial charge in [-0.05, 0) is 62.8 Å². The van der Waals surface area contributed by atoms with Gasteiger partial charge < -0.3 is 10.6 Å². The average Bonchev–Trinajstić information content (AvgIpc) is 2.82. The van der Waals surface area contributed by atoms with Gasteiger partial charge in [0.15, 0.2) is 0 Å². The van der Waals surface area contributed by atoms with Crippen LogP contribution in [-0.4, -0.2) is 29.8 Å². The van der Waals surface area contributed by atoms with Gasteiger partial charge in [0.05, 0.1) is 0 Å². The Kier molecular flexibility index (Phi) is 5.09. The minimum Gasteiger partial charge on any atom is -0.353 e. The molecule has 0 aromatic heterocycles. The summed E-state index contributed by atoms with van der Waals surface area (Å²) in [5.74, 6) is 1.06. The Bertz CT molecular complexity index is 534. The molecule has 1 amide bonds. The van der Waals surface area contributed by atoms with Gasteiger partial charge in [-0.2, -0.15) is 0 Å². The largest absolute Gasteiger partial charge is 0.353 e. The molecule has 2 bridgehead atoms. The summed E-state index contributed by atoms with van der Waals surface area (Å²) in [7, 11) is 0. The van der Waals surface area contributed by atoms with E-state index in [9.17, 15) is 4.79 Å². The molecule has 2 saturated heterocycles. The zero-order valence-corrected chi connectivity index (χ0v) is 14.3. The molecule has 120 valence electrons. The summed E-state index contributed by atoms with van der Waals surface area (Å²) in [5, 5.41) is 6.85. The Balaban J connectivity index is 1.40. The maximum atomic E-state index is 12.1. The van der Waals surface area contributed by atoms with Crippen LogP contribution in [-0.2, 0) is 4.79 Å². The van der Waals surface area contributed by atoms with E-state index in [0.717, 1.165) is 18.6 Å². The summed E-state index contributed by atoms with van der Waals surface area (Å²) in [4.78, 5) is 13.4. The summed E-state index contributed by atoms with van der Waals surface area (Å²) >= 11 is 1.77. The number of piperidine rings is 1. The van der Waals surface area contributed by atoms with Crippen molar-refractivity contribution in [3.63, 3.8) is 0 Å². The van der Waals surface area contributed by atoms with Crippen molar-refractivity contribution < 1.29 is 4.79 Å². The molecule has 2 aliphatic heterocycles. The van der Waals surface area contributed by atoms with Crippen LogP contribution in [0.1, 0.15) is 43.2 Å². The maximum absolute atomic E-state index is 12.1. The van der Waals surface area contributed by atoms with Crippen LogP contribution < -0.4 is 10.6 Å². The van der Waals surface area contributed by atoms with E-state index in [0.29, 0.717) is 24.5 Å². The molecule has 1 aromatic rings. The van der Waals surface area contributed by atoms with E-state index in [2.05, 4.69) is 42.7 Å². The normalized spacial score (nSPS) is 26.9. The number of hydrogen-bond donors (Lipinski definition) is 2. The minimum absolute atomic E-state index is 0.211. The zero-order valence-electron chi connectivity index (χ0n) is 13.5. The fourth-order valence-electron chi connectivity index (χ4n) is 3.54. The van der Waals surface area contributed by atoms with Crippen molar-refractivity contribution in [1.29, 1.82) is 0 Å². The summed E-state index contributed by atoms with van der Waals surface area (Å²) in [5.41, 5.74) is 2.64. The quantitative estimate of drug-likeness (QED) is 0.819. The average molecular weight is 318 g/mol. The van der Waals surface area contributed by atoms with Gasteiger partial charge in [0.25, 0.3) is 0 Å². The molecule has 3 rings (SSSR count). The molecule has 0 spiro atoms. The van der Waals surface area contributed by atoms with Crippen molar-refractivity contribution in [3.05, 3.63) is 29.3 Å². The highest BCUT2D eigenvalue weighted by atomic mass is 32.2. The number of carbonyl (C=O) groups excluding carboxylic acids is 1. The van der Waals surface area contributed by atoms with Gasteiger partial charge in [0.1, 0.15) is 0 Å². The zero-order chi connectivity index (χ0) is 15.5. The smallest absolute Gasteiger partial charge is 0.221 e.